The van der Waals surface area contributed by atoms with E-state index < -0.39 is 0 Å². The summed E-state index contributed by atoms with van der Waals surface area (Å²) in [5.74, 6) is 0. The molecule has 0 fully saturated rings. The second-order valence-corrected chi connectivity index (χ2v) is 3.49. The Kier molecular flexibility index (Phi) is 6.18. The summed E-state index contributed by atoms with van der Waals surface area (Å²) < 4.78 is 0. The van der Waals surface area contributed by atoms with E-state index in [0.717, 1.165) is 20.6 Å². The first-order chi connectivity index (χ1) is 5.79. The second kappa shape index (κ2) is 6.04. The molecule has 0 heterocycles. The molecule has 0 N–H and O–H groups in total. The Labute approximate surface area is 119 Å². The van der Waals surface area contributed by atoms with Gasteiger partial charge in [0.05, 0.1) is 0 Å². The number of fused-ring (bicyclic) bond motifs is 1. The zero-order valence-electron chi connectivity index (χ0n) is 8.28. The minimum absolute atomic E-state index is 0. The third-order valence-electron chi connectivity index (χ3n) is 1.83. The molecule has 2 aromatic rings. The molecule has 14 heavy (non-hydrogen) atoms. The smallest absolute Gasteiger partial charge is 0.779 e. The van der Waals surface area contributed by atoms with E-state index in [2.05, 4.69) is 0 Å². The first kappa shape index (κ1) is 14.3. The van der Waals surface area contributed by atoms with Crippen molar-refractivity contribution < 1.29 is 37.7 Å². The van der Waals surface area contributed by atoms with E-state index in [0.29, 0.717) is 0 Å². The van der Waals surface area contributed by atoms with Crippen LogP contribution in [-0.4, -0.2) is 0 Å². The van der Waals surface area contributed by atoms with Gasteiger partial charge < -0.3 is 25.3 Å². The summed E-state index contributed by atoms with van der Waals surface area (Å²) in [5.41, 5.74) is 0. The van der Waals surface area contributed by atoms with Gasteiger partial charge in [-0.15, -0.1) is 0 Å². The van der Waals surface area contributed by atoms with E-state index in [-0.39, 0.29) is 37.7 Å². The van der Waals surface area contributed by atoms with E-state index in [1.165, 1.54) is 0 Å². The molecule has 0 aliphatic rings. The number of hydrogen-bond donors (Lipinski definition) is 0. The molecule has 0 aliphatic carbocycles. The fraction of sp³-hybridized carbons (Fsp3) is 0. The molecule has 0 saturated carbocycles. The van der Waals surface area contributed by atoms with Crippen LogP contribution in [0.25, 0.3) is 10.8 Å². The first-order valence-corrected chi connectivity index (χ1v) is 4.46. The predicted octanol–water partition coefficient (Wildman–Crippen LogP) is -3.34. The van der Waals surface area contributed by atoms with Gasteiger partial charge in [0, 0.05) is 0 Å². The van der Waals surface area contributed by atoms with Crippen molar-refractivity contribution in [3.05, 3.63) is 36.4 Å². The second-order valence-electron chi connectivity index (χ2n) is 2.61. The van der Waals surface area contributed by atoms with E-state index in [4.69, 9.17) is 25.3 Å². The molecule has 0 nitrogen and oxygen atoms in total. The van der Waals surface area contributed by atoms with Crippen LogP contribution in [0.1, 0.15) is 0 Å². The maximum atomic E-state index is 5.17. The van der Waals surface area contributed by atoms with Gasteiger partial charge in [-0.3, -0.25) is 0 Å². The van der Waals surface area contributed by atoms with Crippen LogP contribution in [0.5, 0.6) is 0 Å². The monoisotopic (exact) mass is 204 g/mol. The summed E-state index contributed by atoms with van der Waals surface area (Å²) in [7, 11) is 0. The van der Waals surface area contributed by atoms with Crippen LogP contribution >= 0.6 is 0 Å². The summed E-state index contributed by atoms with van der Waals surface area (Å²) in [6.07, 6.45) is 0. The van der Waals surface area contributed by atoms with Crippen LogP contribution in [0.2, 0.25) is 0 Å². The summed E-state index contributed by atoms with van der Waals surface area (Å²) in [6, 6.07) is 11.8. The fourth-order valence-electron chi connectivity index (χ4n) is 1.27. The molecule has 60 valence electrons. The maximum Gasteiger partial charge on any atom is 1.00 e. The quantitative estimate of drug-likeness (QED) is 0.325. The average Bonchev–Trinajstić information content (AvgIpc) is 2.04. The van der Waals surface area contributed by atoms with Crippen molar-refractivity contribution in [2.24, 2.45) is 0 Å². The Bertz CT molecular complexity index is 393. The standard InChI is InChI=1S/C10H8S2.2Li/c11-8-5-1-3-7-4-2-6-9(12)10(7)8;;/h1-6,11-12H;;/q;2*+1/p-2. The zero-order valence-corrected chi connectivity index (χ0v) is 9.91. The van der Waals surface area contributed by atoms with Gasteiger partial charge in [-0.05, 0) is 5.39 Å². The van der Waals surface area contributed by atoms with Gasteiger partial charge in [0.15, 0.2) is 0 Å². The maximum absolute atomic E-state index is 5.17. The Hall–Kier alpha value is 0.335. The molecule has 0 unspecified atom stereocenters. The van der Waals surface area contributed by atoms with Crippen molar-refractivity contribution in [2.45, 2.75) is 9.79 Å². The van der Waals surface area contributed by atoms with Crippen molar-refractivity contribution in [1.29, 1.82) is 0 Å². The minimum Gasteiger partial charge on any atom is -0.779 e. The van der Waals surface area contributed by atoms with E-state index in [9.17, 15) is 0 Å². The Morgan fingerprint density at radius 1 is 0.714 bits per heavy atom. The molecule has 0 bridgehead atoms. The van der Waals surface area contributed by atoms with Gasteiger partial charge in [-0.25, -0.2) is 0 Å². The molecule has 0 spiro atoms. The van der Waals surface area contributed by atoms with E-state index in [1.54, 1.807) is 0 Å². The van der Waals surface area contributed by atoms with Crippen LogP contribution in [-0.2, 0) is 25.3 Å². The topological polar surface area (TPSA) is 0 Å². The van der Waals surface area contributed by atoms with Crippen LogP contribution in [0.3, 0.4) is 0 Å². The Balaban J connectivity index is 0.000000845. The summed E-state index contributed by atoms with van der Waals surface area (Å²) in [6.45, 7) is 0. The van der Waals surface area contributed by atoms with Crippen LogP contribution in [0, 0.1) is 0 Å². The van der Waals surface area contributed by atoms with Gasteiger partial charge in [-0.1, -0.05) is 41.8 Å². The number of rotatable bonds is 0. The van der Waals surface area contributed by atoms with E-state index in [1.807, 2.05) is 36.4 Å². The largest absolute Gasteiger partial charge is 1.00 e. The molecule has 0 aliphatic heterocycles. The van der Waals surface area contributed by atoms with Crippen LogP contribution in [0.4, 0.5) is 0 Å². The molecule has 0 saturated heterocycles. The molecule has 0 radical (unpaired) electrons. The third kappa shape index (κ3) is 2.68. The van der Waals surface area contributed by atoms with E-state index >= 15 is 0 Å². The van der Waals surface area contributed by atoms with Crippen molar-refractivity contribution in [2.75, 3.05) is 0 Å². The third-order valence-corrected chi connectivity index (χ3v) is 2.51. The Morgan fingerprint density at radius 3 is 1.50 bits per heavy atom. The molecule has 0 amide bonds. The van der Waals surface area contributed by atoms with Crippen molar-refractivity contribution in [1.82, 2.24) is 0 Å². The van der Waals surface area contributed by atoms with Crippen molar-refractivity contribution >= 4 is 36.0 Å². The van der Waals surface area contributed by atoms with Gasteiger partial charge >= 0.3 is 37.7 Å². The molecular formula is C10H6Li2S2. The fourth-order valence-corrected chi connectivity index (χ4v) is 1.95. The van der Waals surface area contributed by atoms with Gasteiger partial charge in [0.1, 0.15) is 0 Å². The molecule has 0 atom stereocenters. The minimum atomic E-state index is 0. The SMILES string of the molecule is [Li+].[Li+].[S-]c1cccc2cccc([S-])c12. The molecule has 4 heteroatoms. The summed E-state index contributed by atoms with van der Waals surface area (Å²) >= 11 is 10.3. The predicted molar refractivity (Wildman–Crippen MR) is 55.2 cm³/mol. The van der Waals surface area contributed by atoms with Crippen molar-refractivity contribution in [3.8, 4) is 0 Å². The molecule has 2 aromatic carbocycles. The zero-order chi connectivity index (χ0) is 8.55. The number of hydrogen-bond acceptors (Lipinski definition) is 2. The molecule has 0 aromatic heterocycles. The summed E-state index contributed by atoms with van der Waals surface area (Å²) in [4.78, 5) is 1.69. The number of benzene rings is 2. The normalized spacial score (nSPS) is 8.86. The molecule has 2 rings (SSSR count). The first-order valence-electron chi connectivity index (χ1n) is 3.65. The van der Waals surface area contributed by atoms with Gasteiger partial charge in [0.25, 0.3) is 0 Å². The van der Waals surface area contributed by atoms with Gasteiger partial charge in [0.2, 0.25) is 0 Å². The van der Waals surface area contributed by atoms with Crippen molar-refractivity contribution in [3.63, 3.8) is 0 Å². The van der Waals surface area contributed by atoms with Crippen LogP contribution < -0.4 is 37.7 Å². The molecular weight excluding hydrogens is 198 g/mol. The Morgan fingerprint density at radius 2 is 1.14 bits per heavy atom. The van der Waals surface area contributed by atoms with Crippen LogP contribution in [0.15, 0.2) is 46.2 Å². The summed E-state index contributed by atoms with van der Waals surface area (Å²) in [5, 5.41) is 2.17. The average molecular weight is 204 g/mol. The van der Waals surface area contributed by atoms with Gasteiger partial charge in [-0.2, -0.15) is 9.79 Å².